The number of carbonyl (C=O) groups is 2. The molecule has 0 radical (unpaired) electrons. The maximum absolute atomic E-state index is 13.5. The summed E-state index contributed by atoms with van der Waals surface area (Å²) in [6.07, 6.45) is 8.70. The van der Waals surface area contributed by atoms with Crippen LogP contribution in [0.3, 0.4) is 0 Å². The van der Waals surface area contributed by atoms with Crippen molar-refractivity contribution < 1.29 is 24.5 Å². The van der Waals surface area contributed by atoms with E-state index >= 15 is 0 Å². The van der Waals surface area contributed by atoms with Gasteiger partial charge in [0.2, 0.25) is 11.8 Å². The van der Waals surface area contributed by atoms with Gasteiger partial charge in [-0.3, -0.25) is 9.59 Å². The van der Waals surface area contributed by atoms with Gasteiger partial charge in [-0.15, -0.1) is 0 Å². The lowest BCUT2D eigenvalue weighted by Crippen LogP contribution is -2.55. The lowest BCUT2D eigenvalue weighted by molar-refractivity contribution is -0.139. The Bertz CT molecular complexity index is 913. The minimum absolute atomic E-state index is 0.0675. The molecule has 2 fully saturated rings. The smallest absolute Gasteiger partial charge is 0.247 e. The lowest BCUT2D eigenvalue weighted by Gasteiger charge is -2.41. The van der Waals surface area contributed by atoms with E-state index in [9.17, 15) is 14.7 Å². The second kappa shape index (κ2) is 12.5. The van der Waals surface area contributed by atoms with Crippen molar-refractivity contribution in [1.29, 1.82) is 0 Å². The van der Waals surface area contributed by atoms with Crippen LogP contribution >= 0.6 is 22.6 Å². The number of hydrogen-bond donors (Lipinski definition) is 3. The maximum Gasteiger partial charge on any atom is 0.247 e. The summed E-state index contributed by atoms with van der Waals surface area (Å²) in [4.78, 5) is 28.2. The SMILES string of the molecule is O=C(NCCO)C1=C[C@H](Oc2ccccc2I)[C@@H](O)[C@H](N(CC2CC2)C(=O)CCC2CCCC2)C1. The molecule has 7 nitrogen and oxygen atoms in total. The molecule has 0 spiro atoms. The molecule has 3 atom stereocenters. The summed E-state index contributed by atoms with van der Waals surface area (Å²) in [5.74, 6) is 1.49. The number of aliphatic hydroxyl groups excluding tert-OH is 2. The Morgan fingerprint density at radius 2 is 1.86 bits per heavy atom. The number of benzene rings is 1. The average molecular weight is 597 g/mol. The van der Waals surface area contributed by atoms with E-state index in [1.165, 1.54) is 25.7 Å². The van der Waals surface area contributed by atoms with Crippen molar-refractivity contribution in [2.45, 2.75) is 76.0 Å². The third-order valence-corrected chi connectivity index (χ3v) is 8.32. The number of hydrogen-bond acceptors (Lipinski definition) is 5. The fraction of sp³-hybridized carbons (Fsp3) is 0.630. The molecule has 8 heteroatoms. The second-order valence-electron chi connectivity index (χ2n) is 10.1. The van der Waals surface area contributed by atoms with Crippen molar-refractivity contribution in [3.63, 3.8) is 0 Å². The van der Waals surface area contributed by atoms with Gasteiger partial charge in [-0.25, -0.2) is 0 Å². The molecule has 0 heterocycles. The van der Waals surface area contributed by atoms with E-state index in [2.05, 4.69) is 27.9 Å². The topological polar surface area (TPSA) is 99.1 Å². The molecule has 2 amide bonds. The number of rotatable bonds is 11. The predicted molar refractivity (Wildman–Crippen MR) is 142 cm³/mol. The lowest BCUT2D eigenvalue weighted by atomic mass is 9.87. The van der Waals surface area contributed by atoms with Gasteiger partial charge in [0, 0.05) is 31.5 Å². The van der Waals surface area contributed by atoms with E-state index in [-0.39, 0.29) is 31.4 Å². The number of ether oxygens (including phenoxy) is 1. The van der Waals surface area contributed by atoms with Crippen LogP contribution in [0.4, 0.5) is 0 Å². The third-order valence-electron chi connectivity index (χ3n) is 7.43. The van der Waals surface area contributed by atoms with Gasteiger partial charge in [0.05, 0.1) is 16.2 Å². The van der Waals surface area contributed by atoms with Crippen LogP contribution in [0, 0.1) is 15.4 Å². The molecule has 3 N–H and O–H groups in total. The van der Waals surface area contributed by atoms with Gasteiger partial charge in [0.1, 0.15) is 18.0 Å². The van der Waals surface area contributed by atoms with Gasteiger partial charge in [0.25, 0.3) is 0 Å². The van der Waals surface area contributed by atoms with Gasteiger partial charge in [-0.05, 0) is 71.9 Å². The van der Waals surface area contributed by atoms with E-state index in [4.69, 9.17) is 9.84 Å². The first-order valence-electron chi connectivity index (χ1n) is 12.9. The first-order chi connectivity index (χ1) is 17.0. The van der Waals surface area contributed by atoms with Gasteiger partial charge >= 0.3 is 0 Å². The Hall–Kier alpha value is -1.65. The number of para-hydroxylation sites is 1. The maximum atomic E-state index is 13.5. The summed E-state index contributed by atoms with van der Waals surface area (Å²) in [5.41, 5.74) is 0.481. The molecular weight excluding hydrogens is 559 g/mol. The van der Waals surface area contributed by atoms with E-state index < -0.39 is 18.2 Å². The Kier molecular flexibility index (Phi) is 9.46. The number of carbonyl (C=O) groups excluding carboxylic acids is 2. The van der Waals surface area contributed by atoms with Crippen molar-refractivity contribution in [3.05, 3.63) is 39.5 Å². The highest BCUT2D eigenvalue weighted by molar-refractivity contribution is 14.1. The minimum atomic E-state index is -0.949. The molecule has 4 rings (SSSR count). The largest absolute Gasteiger partial charge is 0.482 e. The Labute approximate surface area is 221 Å². The summed E-state index contributed by atoms with van der Waals surface area (Å²) in [6, 6.07) is 7.02. The summed E-state index contributed by atoms with van der Waals surface area (Å²) < 4.78 is 7.11. The monoisotopic (exact) mass is 596 g/mol. The van der Waals surface area contributed by atoms with Crippen molar-refractivity contribution >= 4 is 34.4 Å². The highest BCUT2D eigenvalue weighted by Gasteiger charge is 2.42. The molecule has 0 aromatic heterocycles. The zero-order valence-electron chi connectivity index (χ0n) is 20.2. The molecule has 35 heavy (non-hydrogen) atoms. The van der Waals surface area contributed by atoms with Crippen molar-refractivity contribution in [3.8, 4) is 5.75 Å². The van der Waals surface area contributed by atoms with Crippen LogP contribution in [0.2, 0.25) is 0 Å². The molecule has 0 bridgehead atoms. The summed E-state index contributed by atoms with van der Waals surface area (Å²) in [6.45, 7) is 0.616. The first-order valence-corrected chi connectivity index (χ1v) is 14.0. The first kappa shape index (κ1) is 26.4. The van der Waals surface area contributed by atoms with Crippen LogP contribution in [0.5, 0.6) is 5.75 Å². The molecule has 0 aliphatic heterocycles. The number of nitrogens with one attached hydrogen (secondary N) is 1. The number of aliphatic hydroxyl groups is 2. The number of amides is 2. The van der Waals surface area contributed by atoms with Crippen molar-refractivity contribution in [2.24, 2.45) is 11.8 Å². The normalized spacial score (nSPS) is 24.7. The van der Waals surface area contributed by atoms with E-state index in [1.807, 2.05) is 29.2 Å². The molecule has 3 aliphatic carbocycles. The number of halogens is 1. The van der Waals surface area contributed by atoms with E-state index in [0.29, 0.717) is 36.1 Å². The molecule has 192 valence electrons. The number of nitrogens with zero attached hydrogens (tertiary/aromatic N) is 1. The summed E-state index contributed by atoms with van der Waals surface area (Å²) >= 11 is 2.18. The average Bonchev–Trinajstić information content (AvgIpc) is 3.53. The predicted octanol–water partition coefficient (Wildman–Crippen LogP) is 3.42. The molecule has 1 aromatic carbocycles. The molecule has 0 saturated heterocycles. The zero-order valence-corrected chi connectivity index (χ0v) is 22.4. The minimum Gasteiger partial charge on any atom is -0.482 e. The van der Waals surface area contributed by atoms with Crippen molar-refractivity contribution in [1.82, 2.24) is 10.2 Å². The van der Waals surface area contributed by atoms with Gasteiger partial charge in [0.15, 0.2) is 0 Å². The Balaban J connectivity index is 1.55. The van der Waals surface area contributed by atoms with Crippen LogP contribution < -0.4 is 10.1 Å². The third kappa shape index (κ3) is 7.20. The molecule has 3 aliphatic rings. The van der Waals surface area contributed by atoms with Crippen LogP contribution in [0.1, 0.15) is 57.8 Å². The Morgan fingerprint density at radius 1 is 1.11 bits per heavy atom. The highest BCUT2D eigenvalue weighted by atomic mass is 127. The fourth-order valence-corrected chi connectivity index (χ4v) is 5.75. The standard InChI is InChI=1S/C27H37IN2O5/c28-21-7-3-4-8-23(21)35-24-16-20(27(34)29-13-14-31)15-22(26(24)33)30(17-19-9-10-19)25(32)12-11-18-5-1-2-6-18/h3-4,7-8,16,18-19,22,24,26,31,33H,1-2,5-6,9-15,17H2,(H,29,34)/t22-,24+,26+/m1/s1. The molecule has 0 unspecified atom stereocenters. The quantitative estimate of drug-likeness (QED) is 0.341. The Morgan fingerprint density at radius 3 is 2.54 bits per heavy atom. The van der Waals surface area contributed by atoms with Crippen LogP contribution in [0.25, 0.3) is 0 Å². The zero-order chi connectivity index (χ0) is 24.8. The second-order valence-corrected chi connectivity index (χ2v) is 11.3. The molecule has 1 aromatic rings. The highest BCUT2D eigenvalue weighted by Crippen LogP contribution is 2.35. The van der Waals surface area contributed by atoms with E-state index in [1.54, 1.807) is 6.08 Å². The van der Waals surface area contributed by atoms with Gasteiger partial charge < -0.3 is 25.2 Å². The molecular formula is C27H37IN2O5. The summed E-state index contributed by atoms with van der Waals surface area (Å²) in [5, 5.41) is 23.3. The van der Waals surface area contributed by atoms with E-state index in [0.717, 1.165) is 22.8 Å². The van der Waals surface area contributed by atoms with Gasteiger partial charge in [-0.1, -0.05) is 37.8 Å². The van der Waals surface area contributed by atoms with Crippen molar-refractivity contribution in [2.75, 3.05) is 19.7 Å². The summed E-state index contributed by atoms with van der Waals surface area (Å²) in [7, 11) is 0. The molecule has 2 saturated carbocycles. The van der Waals surface area contributed by atoms with Crippen LogP contribution in [0.15, 0.2) is 35.9 Å². The fourth-order valence-electron chi connectivity index (χ4n) is 5.24. The van der Waals surface area contributed by atoms with Crippen LogP contribution in [-0.2, 0) is 9.59 Å². The van der Waals surface area contributed by atoms with Crippen LogP contribution in [-0.4, -0.2) is 64.9 Å². The van der Waals surface area contributed by atoms with Gasteiger partial charge in [-0.2, -0.15) is 0 Å².